The molecule has 0 saturated carbocycles. The van der Waals surface area contributed by atoms with Crippen LogP contribution in [0.4, 0.5) is 0 Å². The maximum absolute atomic E-state index is 13.4. The second-order valence-corrected chi connectivity index (χ2v) is 9.29. The Morgan fingerprint density at radius 1 is 1.26 bits per heavy atom. The summed E-state index contributed by atoms with van der Waals surface area (Å²) in [6, 6.07) is 0. The molecule has 144 valence electrons. The average molecular weight is 403 g/mol. The fraction of sp³-hybridized carbons (Fsp3) is 0.550. The first kappa shape index (κ1) is 18.7. The molecular formula is C20H26N4OS2. The molecule has 0 unspecified atom stereocenters. The highest BCUT2D eigenvalue weighted by molar-refractivity contribution is 7.98. The van der Waals surface area contributed by atoms with Gasteiger partial charge >= 0.3 is 0 Å². The lowest BCUT2D eigenvalue weighted by molar-refractivity contribution is 0.541. The first-order valence-corrected chi connectivity index (χ1v) is 11.6. The zero-order valence-corrected chi connectivity index (χ0v) is 17.7. The van der Waals surface area contributed by atoms with Gasteiger partial charge in [-0.3, -0.25) is 14.0 Å². The van der Waals surface area contributed by atoms with Gasteiger partial charge in [0.05, 0.1) is 11.6 Å². The molecule has 4 rings (SSSR count). The number of aryl methyl sites for hydroxylation is 3. The third-order valence-corrected chi connectivity index (χ3v) is 7.38. The summed E-state index contributed by atoms with van der Waals surface area (Å²) in [5, 5.41) is 5.99. The zero-order chi connectivity index (χ0) is 18.8. The van der Waals surface area contributed by atoms with Crippen LogP contribution in [-0.2, 0) is 32.2 Å². The van der Waals surface area contributed by atoms with Crippen LogP contribution < -0.4 is 5.56 Å². The van der Waals surface area contributed by atoms with Crippen molar-refractivity contribution in [1.82, 2.24) is 19.3 Å². The molecule has 0 radical (unpaired) electrons. The van der Waals surface area contributed by atoms with Crippen molar-refractivity contribution in [1.29, 1.82) is 0 Å². The van der Waals surface area contributed by atoms with Crippen LogP contribution in [0.3, 0.4) is 0 Å². The minimum atomic E-state index is 0.171. The SMILES string of the molecule is CCCCCn1c(SCc2cnn(C)c2)nc2sc3c(c2c1=O)CCCC3. The highest BCUT2D eigenvalue weighted by atomic mass is 32.2. The number of aromatic nitrogens is 4. The van der Waals surface area contributed by atoms with E-state index in [0.29, 0.717) is 0 Å². The van der Waals surface area contributed by atoms with Gasteiger partial charge in [0, 0.05) is 36.0 Å². The molecule has 0 saturated heterocycles. The van der Waals surface area contributed by atoms with Crippen molar-refractivity contribution >= 4 is 33.3 Å². The van der Waals surface area contributed by atoms with Gasteiger partial charge in [0.15, 0.2) is 5.16 Å². The lowest BCUT2D eigenvalue weighted by atomic mass is 9.97. The smallest absolute Gasteiger partial charge is 0.263 e. The van der Waals surface area contributed by atoms with Crippen LogP contribution in [0.1, 0.15) is 55.0 Å². The number of hydrogen-bond donors (Lipinski definition) is 0. The summed E-state index contributed by atoms with van der Waals surface area (Å²) < 4.78 is 3.74. The molecule has 1 aliphatic carbocycles. The Hall–Kier alpha value is -1.60. The van der Waals surface area contributed by atoms with E-state index in [1.165, 1.54) is 23.3 Å². The van der Waals surface area contributed by atoms with Crippen LogP contribution in [0.5, 0.6) is 0 Å². The van der Waals surface area contributed by atoms with Gasteiger partial charge < -0.3 is 0 Å². The Kier molecular flexibility index (Phi) is 5.68. The first-order valence-electron chi connectivity index (χ1n) is 9.82. The third-order valence-electron chi connectivity index (χ3n) is 5.15. The van der Waals surface area contributed by atoms with E-state index in [2.05, 4.69) is 12.0 Å². The second kappa shape index (κ2) is 8.19. The molecule has 1 aliphatic rings. The number of hydrogen-bond acceptors (Lipinski definition) is 5. The Labute approximate surface area is 167 Å². The standard InChI is InChI=1S/C20H26N4OS2/c1-3-4-7-10-24-19(25)17-15-8-5-6-9-16(15)27-18(17)22-20(24)26-13-14-11-21-23(2)12-14/h11-12H,3-10,13H2,1-2H3. The summed E-state index contributed by atoms with van der Waals surface area (Å²) in [5.41, 5.74) is 2.61. The van der Waals surface area contributed by atoms with Crippen molar-refractivity contribution in [2.24, 2.45) is 7.05 Å². The number of thiophene rings is 1. The maximum atomic E-state index is 13.4. The summed E-state index contributed by atoms with van der Waals surface area (Å²) in [7, 11) is 1.93. The molecule has 0 spiro atoms. The minimum absolute atomic E-state index is 0.171. The summed E-state index contributed by atoms with van der Waals surface area (Å²) >= 11 is 3.39. The van der Waals surface area contributed by atoms with Crippen LogP contribution in [0.2, 0.25) is 0 Å². The van der Waals surface area contributed by atoms with Gasteiger partial charge in [-0.15, -0.1) is 11.3 Å². The summed E-state index contributed by atoms with van der Waals surface area (Å²) in [6.45, 7) is 2.95. The molecule has 0 atom stereocenters. The van der Waals surface area contributed by atoms with Crippen molar-refractivity contribution in [2.75, 3.05) is 0 Å². The molecule has 0 aromatic carbocycles. The third kappa shape index (κ3) is 3.85. The molecule has 0 amide bonds. The van der Waals surface area contributed by atoms with Crippen LogP contribution in [-0.4, -0.2) is 19.3 Å². The van der Waals surface area contributed by atoms with E-state index in [-0.39, 0.29) is 5.56 Å². The van der Waals surface area contributed by atoms with E-state index in [1.807, 2.05) is 28.7 Å². The van der Waals surface area contributed by atoms with Crippen molar-refractivity contribution in [3.05, 3.63) is 38.8 Å². The number of rotatable bonds is 7. The van der Waals surface area contributed by atoms with E-state index < -0.39 is 0 Å². The highest BCUT2D eigenvalue weighted by Crippen LogP contribution is 2.35. The number of thioether (sulfide) groups is 1. The van der Waals surface area contributed by atoms with Gasteiger partial charge in [0.1, 0.15) is 4.83 Å². The van der Waals surface area contributed by atoms with Crippen LogP contribution >= 0.6 is 23.1 Å². The van der Waals surface area contributed by atoms with Gasteiger partial charge in [-0.05, 0) is 37.7 Å². The fourth-order valence-electron chi connectivity index (χ4n) is 3.74. The van der Waals surface area contributed by atoms with Crippen molar-refractivity contribution in [2.45, 2.75) is 69.3 Å². The monoisotopic (exact) mass is 402 g/mol. The molecule has 0 N–H and O–H groups in total. The number of nitrogens with zero attached hydrogens (tertiary/aromatic N) is 4. The van der Waals surface area contributed by atoms with Gasteiger partial charge in [-0.2, -0.15) is 5.10 Å². The van der Waals surface area contributed by atoms with E-state index >= 15 is 0 Å². The lowest BCUT2D eigenvalue weighted by Crippen LogP contribution is -2.24. The predicted molar refractivity (Wildman–Crippen MR) is 113 cm³/mol. The quantitative estimate of drug-likeness (QED) is 0.330. The molecule has 27 heavy (non-hydrogen) atoms. The highest BCUT2D eigenvalue weighted by Gasteiger charge is 2.22. The van der Waals surface area contributed by atoms with Gasteiger partial charge in [-0.1, -0.05) is 31.5 Å². The molecule has 0 fully saturated rings. The summed E-state index contributed by atoms with van der Waals surface area (Å²) in [6.07, 6.45) is 11.8. The number of fused-ring (bicyclic) bond motifs is 3. The molecule has 3 aromatic heterocycles. The van der Waals surface area contributed by atoms with Crippen LogP contribution in [0.15, 0.2) is 22.3 Å². The topological polar surface area (TPSA) is 52.7 Å². The second-order valence-electron chi connectivity index (χ2n) is 7.26. The molecule has 3 aromatic rings. The zero-order valence-electron chi connectivity index (χ0n) is 16.0. The fourth-order valence-corrected chi connectivity index (χ4v) is 5.98. The minimum Gasteiger partial charge on any atom is -0.287 e. The van der Waals surface area contributed by atoms with E-state index in [1.54, 1.807) is 23.1 Å². The number of unbranched alkanes of at least 4 members (excludes halogenated alkanes) is 2. The summed E-state index contributed by atoms with van der Waals surface area (Å²) in [4.78, 5) is 20.7. The normalized spacial score (nSPS) is 14.0. The molecule has 0 aliphatic heterocycles. The molecular weight excluding hydrogens is 376 g/mol. The van der Waals surface area contributed by atoms with Crippen molar-refractivity contribution < 1.29 is 0 Å². The summed E-state index contributed by atoms with van der Waals surface area (Å²) in [5.74, 6) is 0.782. The predicted octanol–water partition coefficient (Wildman–Crippen LogP) is 4.55. The van der Waals surface area contributed by atoms with Crippen LogP contribution in [0, 0.1) is 0 Å². The maximum Gasteiger partial charge on any atom is 0.263 e. The van der Waals surface area contributed by atoms with E-state index in [0.717, 1.165) is 65.3 Å². The molecule has 0 bridgehead atoms. The van der Waals surface area contributed by atoms with E-state index in [9.17, 15) is 4.79 Å². The lowest BCUT2D eigenvalue weighted by Gasteiger charge is -2.13. The average Bonchev–Trinajstić information content (AvgIpc) is 3.25. The van der Waals surface area contributed by atoms with Gasteiger partial charge in [-0.25, -0.2) is 4.98 Å². The Bertz CT molecular complexity index is 1000. The Balaban J connectivity index is 1.72. The Morgan fingerprint density at radius 2 is 2.11 bits per heavy atom. The van der Waals surface area contributed by atoms with Crippen LogP contribution in [0.25, 0.3) is 10.2 Å². The molecule has 7 heteroatoms. The van der Waals surface area contributed by atoms with Crippen molar-refractivity contribution in [3.63, 3.8) is 0 Å². The first-order chi connectivity index (χ1) is 13.2. The van der Waals surface area contributed by atoms with E-state index in [4.69, 9.17) is 4.98 Å². The molecule has 3 heterocycles. The van der Waals surface area contributed by atoms with Gasteiger partial charge in [0.2, 0.25) is 0 Å². The Morgan fingerprint density at radius 3 is 2.89 bits per heavy atom. The largest absolute Gasteiger partial charge is 0.287 e. The molecule has 5 nitrogen and oxygen atoms in total. The van der Waals surface area contributed by atoms with Gasteiger partial charge in [0.25, 0.3) is 5.56 Å². The van der Waals surface area contributed by atoms with Crippen molar-refractivity contribution in [3.8, 4) is 0 Å².